The molecule has 2 rings (SSSR count). The van der Waals surface area contributed by atoms with Gasteiger partial charge in [-0.1, -0.05) is 62.0 Å². The van der Waals surface area contributed by atoms with Gasteiger partial charge in [-0.15, -0.1) is 16.8 Å². The Morgan fingerprint density at radius 3 is 2.59 bits per heavy atom. The Morgan fingerprint density at radius 1 is 1.37 bits per heavy atom. The van der Waals surface area contributed by atoms with E-state index in [0.29, 0.717) is 11.7 Å². The highest BCUT2D eigenvalue weighted by Gasteiger charge is 2.32. The smallest absolute Gasteiger partial charge is 0.234 e. The number of nitriles is 1. The van der Waals surface area contributed by atoms with Crippen molar-refractivity contribution >= 4 is 17.7 Å². The van der Waals surface area contributed by atoms with E-state index in [4.69, 9.17) is 0 Å². The van der Waals surface area contributed by atoms with Gasteiger partial charge in [0.25, 0.3) is 0 Å². The first-order chi connectivity index (χ1) is 12.8. The zero-order valence-corrected chi connectivity index (χ0v) is 17.0. The van der Waals surface area contributed by atoms with Crippen molar-refractivity contribution in [1.82, 2.24) is 20.1 Å². The molecule has 1 N–H and O–H groups in total. The van der Waals surface area contributed by atoms with Crippen molar-refractivity contribution in [3.63, 3.8) is 0 Å². The van der Waals surface area contributed by atoms with Crippen LogP contribution in [0.5, 0.6) is 0 Å². The fourth-order valence-corrected chi connectivity index (χ4v) is 3.20. The molecule has 0 saturated carbocycles. The third kappa shape index (κ3) is 4.77. The highest BCUT2D eigenvalue weighted by molar-refractivity contribution is 8.00. The normalized spacial score (nSPS) is 14.2. The minimum atomic E-state index is -0.907. The van der Waals surface area contributed by atoms with Gasteiger partial charge < -0.3 is 5.32 Å². The second kappa shape index (κ2) is 8.87. The fourth-order valence-electron chi connectivity index (χ4n) is 2.34. The van der Waals surface area contributed by atoms with Crippen LogP contribution >= 0.6 is 11.8 Å². The lowest BCUT2D eigenvalue weighted by Crippen LogP contribution is -2.51. The number of nitrogens with one attached hydrogen (secondary N) is 1. The van der Waals surface area contributed by atoms with Crippen LogP contribution in [0.15, 0.2) is 48.1 Å². The molecule has 0 spiro atoms. The number of benzene rings is 1. The molecule has 1 aromatic carbocycles. The molecule has 0 saturated heterocycles. The Morgan fingerprint density at radius 2 is 2.04 bits per heavy atom. The number of thioether (sulfide) groups is 1. The summed E-state index contributed by atoms with van der Waals surface area (Å²) in [6.07, 6.45) is 1.77. The molecule has 1 heterocycles. The minimum absolute atomic E-state index is 0.00208. The summed E-state index contributed by atoms with van der Waals surface area (Å²) in [4.78, 5) is 12.6. The highest BCUT2D eigenvalue weighted by atomic mass is 32.2. The minimum Gasteiger partial charge on any atom is -0.337 e. The zero-order valence-electron chi connectivity index (χ0n) is 16.1. The van der Waals surface area contributed by atoms with Gasteiger partial charge in [0, 0.05) is 12.1 Å². The van der Waals surface area contributed by atoms with Crippen molar-refractivity contribution in [3.8, 4) is 17.5 Å². The SMILES string of the molecule is C=CCn1c(S[C@@H](C)C(=O)N[C@@](C)(C#N)C(C)C)nnc1-c1ccccc1. The monoisotopic (exact) mass is 383 g/mol. The van der Waals surface area contributed by atoms with Gasteiger partial charge >= 0.3 is 0 Å². The number of rotatable bonds is 8. The molecule has 142 valence electrons. The number of hydrogen-bond acceptors (Lipinski definition) is 5. The summed E-state index contributed by atoms with van der Waals surface area (Å²) in [7, 11) is 0. The lowest BCUT2D eigenvalue weighted by Gasteiger charge is -2.28. The summed E-state index contributed by atoms with van der Waals surface area (Å²) in [5, 5.41) is 21.0. The van der Waals surface area contributed by atoms with Crippen LogP contribution in [0, 0.1) is 17.2 Å². The van der Waals surface area contributed by atoms with E-state index in [1.807, 2.05) is 48.7 Å². The number of allylic oxidation sites excluding steroid dienone is 1. The number of nitrogens with zero attached hydrogens (tertiary/aromatic N) is 4. The molecule has 7 heteroatoms. The third-order valence-corrected chi connectivity index (χ3v) is 5.56. The average molecular weight is 384 g/mol. The van der Waals surface area contributed by atoms with Crippen molar-refractivity contribution in [3.05, 3.63) is 43.0 Å². The molecule has 0 fully saturated rings. The topological polar surface area (TPSA) is 83.6 Å². The quantitative estimate of drug-likeness (QED) is 0.555. The van der Waals surface area contributed by atoms with Crippen LogP contribution in [0.25, 0.3) is 11.4 Å². The van der Waals surface area contributed by atoms with Gasteiger partial charge in [-0.3, -0.25) is 9.36 Å². The Hall–Kier alpha value is -2.59. The second-order valence-electron chi connectivity index (χ2n) is 6.79. The molecule has 1 amide bonds. The van der Waals surface area contributed by atoms with E-state index in [2.05, 4.69) is 28.2 Å². The first-order valence-electron chi connectivity index (χ1n) is 8.81. The predicted molar refractivity (Wildman–Crippen MR) is 108 cm³/mol. The van der Waals surface area contributed by atoms with Gasteiger partial charge in [0.05, 0.1) is 11.3 Å². The second-order valence-corrected chi connectivity index (χ2v) is 8.10. The van der Waals surface area contributed by atoms with Crippen molar-refractivity contribution in [2.45, 2.75) is 50.2 Å². The summed E-state index contributed by atoms with van der Waals surface area (Å²) < 4.78 is 1.93. The Labute approximate surface area is 164 Å². The van der Waals surface area contributed by atoms with Crippen LogP contribution in [0.4, 0.5) is 0 Å². The lowest BCUT2D eigenvalue weighted by atomic mass is 9.90. The molecule has 27 heavy (non-hydrogen) atoms. The van der Waals surface area contributed by atoms with Gasteiger partial charge in [0.2, 0.25) is 5.91 Å². The van der Waals surface area contributed by atoms with E-state index in [-0.39, 0.29) is 11.8 Å². The fraction of sp³-hybridized carbons (Fsp3) is 0.400. The Kier molecular flexibility index (Phi) is 6.81. The lowest BCUT2D eigenvalue weighted by molar-refractivity contribution is -0.121. The van der Waals surface area contributed by atoms with Gasteiger partial charge in [-0.2, -0.15) is 5.26 Å². The van der Waals surface area contributed by atoms with Crippen LogP contribution in [0.1, 0.15) is 27.7 Å². The third-order valence-electron chi connectivity index (χ3n) is 4.48. The Balaban J connectivity index is 2.22. The standard InChI is InChI=1S/C20H25N5OS/c1-6-12-25-17(16-10-8-7-9-11-16)23-24-19(25)27-15(4)18(26)22-20(5,13-21)14(2)3/h6-11,14-15H,1,12H2,2-5H3,(H,22,26)/t15-,20-/m0/s1. The van der Waals surface area contributed by atoms with Crippen molar-refractivity contribution in [2.24, 2.45) is 5.92 Å². The molecule has 2 aromatic rings. The number of carbonyl (C=O) groups is 1. The van der Waals surface area contributed by atoms with E-state index >= 15 is 0 Å². The number of aromatic nitrogens is 3. The molecule has 6 nitrogen and oxygen atoms in total. The van der Waals surface area contributed by atoms with Crippen molar-refractivity contribution < 1.29 is 4.79 Å². The molecule has 0 radical (unpaired) electrons. The number of hydrogen-bond donors (Lipinski definition) is 1. The summed E-state index contributed by atoms with van der Waals surface area (Å²) >= 11 is 1.32. The molecular weight excluding hydrogens is 358 g/mol. The molecule has 0 aliphatic rings. The summed E-state index contributed by atoms with van der Waals surface area (Å²) in [6.45, 7) is 11.7. The zero-order chi connectivity index (χ0) is 20.0. The maximum absolute atomic E-state index is 12.6. The van der Waals surface area contributed by atoms with Crippen LogP contribution in [-0.2, 0) is 11.3 Å². The number of amides is 1. The molecule has 0 bridgehead atoms. The van der Waals surface area contributed by atoms with E-state index in [1.54, 1.807) is 19.9 Å². The van der Waals surface area contributed by atoms with Crippen LogP contribution in [-0.4, -0.2) is 31.5 Å². The average Bonchev–Trinajstić information content (AvgIpc) is 3.04. The van der Waals surface area contributed by atoms with E-state index < -0.39 is 10.8 Å². The molecular formula is C20H25N5OS. The van der Waals surface area contributed by atoms with Crippen LogP contribution in [0.2, 0.25) is 0 Å². The van der Waals surface area contributed by atoms with Gasteiger partial charge in [-0.25, -0.2) is 0 Å². The van der Waals surface area contributed by atoms with Crippen molar-refractivity contribution in [2.75, 3.05) is 0 Å². The van der Waals surface area contributed by atoms with E-state index in [0.717, 1.165) is 11.4 Å². The van der Waals surface area contributed by atoms with Crippen LogP contribution in [0.3, 0.4) is 0 Å². The molecule has 1 aromatic heterocycles. The maximum Gasteiger partial charge on any atom is 0.234 e. The van der Waals surface area contributed by atoms with Crippen molar-refractivity contribution in [1.29, 1.82) is 5.26 Å². The van der Waals surface area contributed by atoms with Gasteiger partial charge in [0.15, 0.2) is 11.0 Å². The van der Waals surface area contributed by atoms with E-state index in [9.17, 15) is 10.1 Å². The maximum atomic E-state index is 12.6. The first kappa shape index (κ1) is 20.7. The van der Waals surface area contributed by atoms with Crippen LogP contribution < -0.4 is 5.32 Å². The molecule has 0 aliphatic heterocycles. The molecule has 0 unspecified atom stereocenters. The Bertz CT molecular complexity index is 840. The predicted octanol–water partition coefficient (Wildman–Crippen LogP) is 3.67. The van der Waals surface area contributed by atoms with Gasteiger partial charge in [-0.05, 0) is 19.8 Å². The molecule has 2 atom stereocenters. The molecule has 0 aliphatic carbocycles. The summed E-state index contributed by atoms with van der Waals surface area (Å²) in [5.41, 5.74) is 0.0447. The highest BCUT2D eigenvalue weighted by Crippen LogP contribution is 2.27. The number of carbonyl (C=O) groups excluding carboxylic acids is 1. The van der Waals surface area contributed by atoms with Gasteiger partial charge in [0.1, 0.15) is 5.54 Å². The first-order valence-corrected chi connectivity index (χ1v) is 9.69. The van der Waals surface area contributed by atoms with E-state index in [1.165, 1.54) is 11.8 Å². The largest absolute Gasteiger partial charge is 0.337 e. The summed E-state index contributed by atoms with van der Waals surface area (Å²) in [5.74, 6) is 0.527. The summed E-state index contributed by atoms with van der Waals surface area (Å²) in [6, 6.07) is 12.0.